The average molecular weight is 452 g/mol. The van der Waals surface area contributed by atoms with Gasteiger partial charge in [0, 0.05) is 18.1 Å². The number of esters is 1. The number of amides is 1. The highest BCUT2D eigenvalue weighted by atomic mass is 16.6. The summed E-state index contributed by atoms with van der Waals surface area (Å²) in [4.78, 5) is 23.7. The molecule has 1 heterocycles. The number of methoxy groups -OCH3 is 2. The van der Waals surface area contributed by atoms with Crippen molar-refractivity contribution in [1.29, 1.82) is 0 Å². The van der Waals surface area contributed by atoms with Gasteiger partial charge in [-0.15, -0.1) is 0 Å². The van der Waals surface area contributed by atoms with Gasteiger partial charge in [0.1, 0.15) is 11.4 Å². The Morgan fingerprint density at radius 1 is 1.09 bits per heavy atom. The number of hydrazone groups is 1. The van der Waals surface area contributed by atoms with Crippen LogP contribution in [0.15, 0.2) is 47.6 Å². The van der Waals surface area contributed by atoms with Crippen LogP contribution in [0.3, 0.4) is 0 Å². The van der Waals surface area contributed by atoms with Crippen molar-refractivity contribution in [2.45, 2.75) is 13.8 Å². The van der Waals surface area contributed by atoms with Crippen LogP contribution in [-0.4, -0.2) is 49.1 Å². The number of hydrogen-bond acceptors (Lipinski definition) is 8. The molecule has 33 heavy (non-hydrogen) atoms. The Morgan fingerprint density at radius 3 is 2.33 bits per heavy atom. The summed E-state index contributed by atoms with van der Waals surface area (Å²) in [6, 6.07) is 12.2. The molecule has 0 aliphatic carbocycles. The maximum absolute atomic E-state index is 12.4. The molecule has 0 saturated heterocycles. The van der Waals surface area contributed by atoms with Crippen LogP contribution < -0.4 is 24.4 Å². The van der Waals surface area contributed by atoms with Gasteiger partial charge in [0.2, 0.25) is 5.75 Å². The van der Waals surface area contributed by atoms with Crippen molar-refractivity contribution >= 4 is 18.1 Å². The number of aromatic nitrogens is 2. The maximum Gasteiger partial charge on any atom is 0.308 e. The van der Waals surface area contributed by atoms with Gasteiger partial charge in [0.15, 0.2) is 11.5 Å². The summed E-state index contributed by atoms with van der Waals surface area (Å²) < 4.78 is 21.1. The predicted octanol–water partition coefficient (Wildman–Crippen LogP) is 3.18. The molecule has 1 aromatic heterocycles. The van der Waals surface area contributed by atoms with Crippen molar-refractivity contribution in [2.24, 2.45) is 5.10 Å². The first-order valence-corrected chi connectivity index (χ1v) is 10.0. The molecule has 0 atom stereocenters. The highest BCUT2D eigenvalue weighted by Crippen LogP contribution is 2.38. The molecule has 10 nitrogen and oxygen atoms in total. The topological polar surface area (TPSA) is 124 Å². The molecule has 1 amide bonds. The van der Waals surface area contributed by atoms with E-state index in [0.717, 1.165) is 11.3 Å². The summed E-state index contributed by atoms with van der Waals surface area (Å²) >= 11 is 0. The molecule has 0 spiro atoms. The number of benzene rings is 2. The summed E-state index contributed by atoms with van der Waals surface area (Å²) in [5.41, 5.74) is 4.68. The average Bonchev–Trinajstić information content (AvgIpc) is 3.30. The Labute approximate surface area is 190 Å². The lowest BCUT2D eigenvalue weighted by molar-refractivity contribution is -0.132. The first-order valence-electron chi connectivity index (χ1n) is 10.0. The molecule has 0 unspecified atom stereocenters. The van der Waals surface area contributed by atoms with Crippen molar-refractivity contribution < 1.29 is 28.5 Å². The van der Waals surface area contributed by atoms with Crippen molar-refractivity contribution in [2.75, 3.05) is 20.8 Å². The van der Waals surface area contributed by atoms with Crippen LogP contribution >= 0.6 is 0 Å². The second kappa shape index (κ2) is 10.8. The monoisotopic (exact) mass is 452 g/mol. The van der Waals surface area contributed by atoms with Crippen LogP contribution in [0, 0.1) is 0 Å². The summed E-state index contributed by atoms with van der Waals surface area (Å²) in [5, 5.41) is 10.8. The molecular formula is C23H24N4O6. The third-order valence-electron chi connectivity index (χ3n) is 4.39. The predicted molar refractivity (Wildman–Crippen MR) is 121 cm³/mol. The minimum atomic E-state index is -0.510. The Bertz CT molecular complexity index is 1130. The Balaban J connectivity index is 1.69. The van der Waals surface area contributed by atoms with E-state index in [2.05, 4.69) is 20.7 Å². The maximum atomic E-state index is 12.4. The van der Waals surface area contributed by atoms with Gasteiger partial charge in [-0.05, 0) is 49.4 Å². The number of aromatic amines is 1. The molecule has 2 aromatic carbocycles. The fraction of sp³-hybridized carbons (Fsp3) is 0.217. The number of carbonyl (C=O) groups excluding carboxylic acids is 2. The quantitative estimate of drug-likeness (QED) is 0.221. The van der Waals surface area contributed by atoms with Gasteiger partial charge in [-0.3, -0.25) is 14.7 Å². The van der Waals surface area contributed by atoms with Crippen LogP contribution in [-0.2, 0) is 4.79 Å². The Morgan fingerprint density at radius 2 is 1.76 bits per heavy atom. The molecule has 0 saturated carbocycles. The first kappa shape index (κ1) is 23.3. The summed E-state index contributed by atoms with van der Waals surface area (Å²) in [5.74, 6) is 0.513. The van der Waals surface area contributed by atoms with E-state index in [1.165, 1.54) is 27.4 Å². The number of nitrogens with one attached hydrogen (secondary N) is 2. The molecule has 0 aliphatic rings. The summed E-state index contributed by atoms with van der Waals surface area (Å²) in [6.07, 6.45) is 1.41. The van der Waals surface area contributed by atoms with Gasteiger partial charge in [-0.1, -0.05) is 0 Å². The van der Waals surface area contributed by atoms with E-state index < -0.39 is 11.9 Å². The Kier molecular flexibility index (Phi) is 7.64. The second-order valence-corrected chi connectivity index (χ2v) is 6.67. The van der Waals surface area contributed by atoms with E-state index in [-0.39, 0.29) is 22.9 Å². The molecule has 0 radical (unpaired) electrons. The fourth-order valence-electron chi connectivity index (χ4n) is 2.92. The normalized spacial score (nSPS) is 10.7. The van der Waals surface area contributed by atoms with E-state index in [9.17, 15) is 9.59 Å². The van der Waals surface area contributed by atoms with E-state index in [1.807, 2.05) is 31.2 Å². The smallest absolute Gasteiger partial charge is 0.308 e. The largest absolute Gasteiger partial charge is 0.494 e. The molecular weight excluding hydrogens is 428 g/mol. The van der Waals surface area contributed by atoms with Crippen molar-refractivity contribution in [1.82, 2.24) is 15.6 Å². The zero-order valence-corrected chi connectivity index (χ0v) is 18.7. The number of ether oxygens (including phenoxy) is 4. The van der Waals surface area contributed by atoms with Gasteiger partial charge in [0.25, 0.3) is 5.91 Å². The van der Waals surface area contributed by atoms with Crippen LogP contribution in [0.4, 0.5) is 0 Å². The highest BCUT2D eigenvalue weighted by molar-refractivity contribution is 5.94. The minimum absolute atomic E-state index is 0.160. The van der Waals surface area contributed by atoms with Gasteiger partial charge < -0.3 is 18.9 Å². The minimum Gasteiger partial charge on any atom is -0.494 e. The molecule has 10 heteroatoms. The molecule has 2 N–H and O–H groups in total. The standard InChI is InChI=1S/C23H24N4O6/c1-5-32-17-8-6-16(7-9-17)18-12-19(26-25-18)23(29)27-24-13-15-10-20(30-3)22(33-14(2)28)21(11-15)31-4/h6-13H,5H2,1-4H3,(H,25,26)(H,27,29)/b24-13+. The number of nitrogens with zero attached hydrogens (tertiary/aromatic N) is 2. The SMILES string of the molecule is CCOc1ccc(-c2cc(C(=O)N/N=C/c3cc(OC)c(OC(C)=O)c(OC)c3)[nH]n2)cc1. The van der Waals surface area contributed by atoms with E-state index >= 15 is 0 Å². The van der Waals surface area contributed by atoms with Crippen molar-refractivity contribution in [3.63, 3.8) is 0 Å². The van der Waals surface area contributed by atoms with E-state index in [0.29, 0.717) is 17.9 Å². The van der Waals surface area contributed by atoms with Gasteiger partial charge in [0.05, 0.1) is 32.7 Å². The third-order valence-corrected chi connectivity index (χ3v) is 4.39. The lowest BCUT2D eigenvalue weighted by Crippen LogP contribution is -2.18. The van der Waals surface area contributed by atoms with E-state index in [1.54, 1.807) is 18.2 Å². The van der Waals surface area contributed by atoms with Gasteiger partial charge in [-0.25, -0.2) is 5.43 Å². The highest BCUT2D eigenvalue weighted by Gasteiger charge is 2.16. The van der Waals surface area contributed by atoms with Crippen LogP contribution in [0.1, 0.15) is 29.9 Å². The van der Waals surface area contributed by atoms with E-state index in [4.69, 9.17) is 18.9 Å². The summed E-state index contributed by atoms with van der Waals surface area (Å²) in [7, 11) is 2.87. The number of rotatable bonds is 9. The number of H-pyrrole nitrogens is 1. The lowest BCUT2D eigenvalue weighted by Gasteiger charge is -2.13. The van der Waals surface area contributed by atoms with Crippen molar-refractivity contribution in [3.05, 3.63) is 53.7 Å². The van der Waals surface area contributed by atoms with Crippen LogP contribution in [0.2, 0.25) is 0 Å². The zero-order valence-electron chi connectivity index (χ0n) is 18.7. The molecule has 0 bridgehead atoms. The van der Waals surface area contributed by atoms with Gasteiger partial charge in [-0.2, -0.15) is 10.2 Å². The molecule has 0 aliphatic heterocycles. The molecule has 172 valence electrons. The molecule has 3 rings (SSSR count). The number of hydrogen-bond donors (Lipinski definition) is 2. The van der Waals surface area contributed by atoms with Crippen molar-refractivity contribution in [3.8, 4) is 34.3 Å². The summed E-state index contributed by atoms with van der Waals surface area (Å²) in [6.45, 7) is 3.78. The zero-order chi connectivity index (χ0) is 23.8. The molecule has 0 fully saturated rings. The number of carbonyl (C=O) groups is 2. The third kappa shape index (κ3) is 5.88. The second-order valence-electron chi connectivity index (χ2n) is 6.67. The Hall–Kier alpha value is -4.34. The van der Waals surface area contributed by atoms with Gasteiger partial charge >= 0.3 is 5.97 Å². The lowest BCUT2D eigenvalue weighted by atomic mass is 10.1. The first-order chi connectivity index (χ1) is 15.9. The van der Waals surface area contributed by atoms with Crippen LogP contribution in [0.25, 0.3) is 11.3 Å². The molecule has 3 aromatic rings. The fourth-order valence-corrected chi connectivity index (χ4v) is 2.92. The van der Waals surface area contributed by atoms with Crippen LogP contribution in [0.5, 0.6) is 23.0 Å².